The standard InChI is InChI=1S/C18H12Cl2F3N3O2S/c19-10-5-3-7-12(15(10)20)24-14(27)8-13-16(28)26-17(29-13)25-11-6-2-1-4-9(11)18(21,22)23/h1-7,13H,8H2,(H,24,27)(H,25,26,28). The number of para-hydroxylation sites is 1. The smallest absolute Gasteiger partial charge is 0.325 e. The molecule has 1 unspecified atom stereocenters. The topological polar surface area (TPSA) is 70.6 Å². The van der Waals surface area contributed by atoms with Gasteiger partial charge in [0.1, 0.15) is 5.25 Å². The predicted octanol–water partition coefficient (Wildman–Crippen LogP) is 5.26. The van der Waals surface area contributed by atoms with Crippen molar-refractivity contribution in [2.24, 2.45) is 4.99 Å². The van der Waals surface area contributed by atoms with Crippen LogP contribution in [0, 0.1) is 0 Å². The van der Waals surface area contributed by atoms with Crippen molar-refractivity contribution in [1.29, 1.82) is 0 Å². The molecule has 1 atom stereocenters. The van der Waals surface area contributed by atoms with E-state index in [-0.39, 0.29) is 27.3 Å². The number of alkyl halides is 3. The van der Waals surface area contributed by atoms with Crippen LogP contribution in [0.2, 0.25) is 10.0 Å². The van der Waals surface area contributed by atoms with Gasteiger partial charge < -0.3 is 10.6 Å². The molecule has 0 bridgehead atoms. The third-order valence-electron chi connectivity index (χ3n) is 3.80. The number of carbonyl (C=O) groups is 2. The number of anilines is 1. The predicted molar refractivity (Wildman–Crippen MR) is 108 cm³/mol. The number of rotatable bonds is 4. The van der Waals surface area contributed by atoms with Gasteiger partial charge in [0.05, 0.1) is 27.0 Å². The summed E-state index contributed by atoms with van der Waals surface area (Å²) >= 11 is 12.8. The van der Waals surface area contributed by atoms with Crippen LogP contribution < -0.4 is 10.6 Å². The summed E-state index contributed by atoms with van der Waals surface area (Å²) in [6, 6.07) is 9.47. The molecule has 5 nitrogen and oxygen atoms in total. The molecule has 1 heterocycles. The van der Waals surface area contributed by atoms with E-state index in [0.29, 0.717) is 5.69 Å². The molecule has 0 saturated carbocycles. The van der Waals surface area contributed by atoms with Crippen LogP contribution in [0.5, 0.6) is 0 Å². The molecule has 2 amide bonds. The molecule has 152 valence electrons. The van der Waals surface area contributed by atoms with E-state index in [1.165, 1.54) is 18.2 Å². The van der Waals surface area contributed by atoms with E-state index in [1.807, 2.05) is 0 Å². The van der Waals surface area contributed by atoms with E-state index in [4.69, 9.17) is 23.2 Å². The Morgan fingerprint density at radius 3 is 2.62 bits per heavy atom. The lowest BCUT2D eigenvalue weighted by atomic mass is 10.2. The van der Waals surface area contributed by atoms with Crippen LogP contribution in [0.25, 0.3) is 0 Å². The third kappa shape index (κ3) is 5.23. The van der Waals surface area contributed by atoms with Crippen LogP contribution in [0.4, 0.5) is 24.5 Å². The lowest BCUT2D eigenvalue weighted by Crippen LogP contribution is -2.28. The highest BCUT2D eigenvalue weighted by Gasteiger charge is 2.35. The molecule has 2 aromatic carbocycles. The fraction of sp³-hybridized carbons (Fsp3) is 0.167. The van der Waals surface area contributed by atoms with Gasteiger partial charge in [0.25, 0.3) is 0 Å². The van der Waals surface area contributed by atoms with Crippen LogP contribution >= 0.6 is 35.0 Å². The van der Waals surface area contributed by atoms with Crippen molar-refractivity contribution in [3.8, 4) is 0 Å². The van der Waals surface area contributed by atoms with Gasteiger partial charge in [0.15, 0.2) is 5.17 Å². The zero-order valence-corrected chi connectivity index (χ0v) is 16.7. The van der Waals surface area contributed by atoms with Crippen molar-refractivity contribution in [3.63, 3.8) is 0 Å². The summed E-state index contributed by atoms with van der Waals surface area (Å²) in [4.78, 5) is 28.2. The molecule has 1 aliphatic rings. The zero-order valence-electron chi connectivity index (χ0n) is 14.4. The van der Waals surface area contributed by atoms with Crippen LogP contribution in [-0.2, 0) is 15.8 Å². The van der Waals surface area contributed by atoms with Crippen LogP contribution in [0.1, 0.15) is 12.0 Å². The minimum atomic E-state index is -4.58. The van der Waals surface area contributed by atoms with Gasteiger partial charge in [-0.15, -0.1) is 0 Å². The summed E-state index contributed by atoms with van der Waals surface area (Å²) in [5.41, 5.74) is -0.946. The summed E-state index contributed by atoms with van der Waals surface area (Å²) < 4.78 is 39.2. The fourth-order valence-electron chi connectivity index (χ4n) is 2.48. The monoisotopic (exact) mass is 461 g/mol. The Balaban J connectivity index is 1.70. The first-order valence-electron chi connectivity index (χ1n) is 8.11. The minimum Gasteiger partial charge on any atom is -0.325 e. The molecule has 11 heteroatoms. The van der Waals surface area contributed by atoms with Crippen molar-refractivity contribution in [1.82, 2.24) is 5.32 Å². The third-order valence-corrected chi connectivity index (χ3v) is 5.71. The number of halogens is 5. The quantitative estimate of drug-likeness (QED) is 0.652. The number of carbonyl (C=O) groups excluding carboxylic acids is 2. The first-order chi connectivity index (χ1) is 13.6. The van der Waals surface area contributed by atoms with Gasteiger partial charge in [-0.3, -0.25) is 9.59 Å². The van der Waals surface area contributed by atoms with Crippen molar-refractivity contribution < 1.29 is 22.8 Å². The molecular weight excluding hydrogens is 450 g/mol. The molecule has 29 heavy (non-hydrogen) atoms. The van der Waals surface area contributed by atoms with Gasteiger partial charge in [-0.1, -0.05) is 53.2 Å². The fourth-order valence-corrected chi connectivity index (χ4v) is 3.81. The van der Waals surface area contributed by atoms with Gasteiger partial charge in [-0.25, -0.2) is 4.99 Å². The highest BCUT2D eigenvalue weighted by molar-refractivity contribution is 8.15. The Labute approximate surface area is 177 Å². The van der Waals surface area contributed by atoms with Gasteiger partial charge in [0, 0.05) is 6.42 Å². The number of amidine groups is 1. The molecule has 3 rings (SSSR count). The zero-order chi connectivity index (χ0) is 21.2. The molecule has 1 aliphatic heterocycles. The number of nitrogens with one attached hydrogen (secondary N) is 2. The molecule has 0 aromatic heterocycles. The van der Waals surface area contributed by atoms with E-state index < -0.39 is 28.8 Å². The van der Waals surface area contributed by atoms with Crippen LogP contribution in [0.15, 0.2) is 47.5 Å². The maximum atomic E-state index is 13.1. The SMILES string of the molecule is O=C(CC1SC(=Nc2ccccc2C(F)(F)F)NC1=O)Nc1cccc(Cl)c1Cl. The number of hydrogen-bond acceptors (Lipinski definition) is 4. The second-order valence-corrected chi connectivity index (χ2v) is 7.86. The Morgan fingerprint density at radius 2 is 1.90 bits per heavy atom. The van der Waals surface area contributed by atoms with Gasteiger partial charge in [-0.2, -0.15) is 13.2 Å². The molecule has 1 saturated heterocycles. The molecule has 2 aromatic rings. The van der Waals surface area contributed by atoms with Crippen LogP contribution in [-0.4, -0.2) is 22.2 Å². The van der Waals surface area contributed by atoms with Gasteiger partial charge in [0.2, 0.25) is 11.8 Å². The van der Waals surface area contributed by atoms with Crippen molar-refractivity contribution in [3.05, 3.63) is 58.1 Å². The summed E-state index contributed by atoms with van der Waals surface area (Å²) in [5, 5.41) is 4.53. The van der Waals surface area contributed by atoms with E-state index in [9.17, 15) is 22.8 Å². The molecule has 0 radical (unpaired) electrons. The summed E-state index contributed by atoms with van der Waals surface area (Å²) in [6.45, 7) is 0. The number of nitrogens with zero attached hydrogens (tertiary/aromatic N) is 1. The van der Waals surface area contributed by atoms with Crippen molar-refractivity contribution in [2.45, 2.75) is 17.8 Å². The number of amides is 2. The summed E-state index contributed by atoms with van der Waals surface area (Å²) in [6.07, 6.45) is -4.80. The minimum absolute atomic E-state index is 0.00899. The molecule has 1 fully saturated rings. The normalized spacial score (nSPS) is 18.0. The Morgan fingerprint density at radius 1 is 1.17 bits per heavy atom. The first kappa shape index (κ1) is 21.5. The Kier molecular flexibility index (Phi) is 6.40. The van der Waals surface area contributed by atoms with E-state index in [1.54, 1.807) is 18.2 Å². The van der Waals surface area contributed by atoms with E-state index in [0.717, 1.165) is 17.8 Å². The maximum Gasteiger partial charge on any atom is 0.418 e. The molecule has 0 spiro atoms. The summed E-state index contributed by atoms with van der Waals surface area (Å²) in [7, 11) is 0. The maximum absolute atomic E-state index is 13.1. The van der Waals surface area contributed by atoms with Gasteiger partial charge >= 0.3 is 6.18 Å². The van der Waals surface area contributed by atoms with Crippen LogP contribution in [0.3, 0.4) is 0 Å². The lowest BCUT2D eigenvalue weighted by molar-refractivity contribution is -0.137. The second-order valence-electron chi connectivity index (χ2n) is 5.88. The van der Waals surface area contributed by atoms with Crippen molar-refractivity contribution in [2.75, 3.05) is 5.32 Å². The Hall–Kier alpha value is -2.23. The van der Waals surface area contributed by atoms with Crippen molar-refractivity contribution >= 4 is 63.3 Å². The summed E-state index contributed by atoms with van der Waals surface area (Å²) in [5.74, 6) is -1.02. The van der Waals surface area contributed by atoms with E-state index >= 15 is 0 Å². The lowest BCUT2D eigenvalue weighted by Gasteiger charge is -2.10. The molecule has 0 aliphatic carbocycles. The van der Waals surface area contributed by atoms with E-state index in [2.05, 4.69) is 15.6 Å². The second kappa shape index (κ2) is 8.64. The number of thioether (sulfide) groups is 1. The average Bonchev–Trinajstić information content (AvgIpc) is 2.97. The Bertz CT molecular complexity index is 999. The highest BCUT2D eigenvalue weighted by Crippen LogP contribution is 2.37. The molecular formula is C18H12Cl2F3N3O2S. The largest absolute Gasteiger partial charge is 0.418 e. The number of benzene rings is 2. The number of aliphatic imine (C=N–C) groups is 1. The average molecular weight is 462 g/mol. The highest BCUT2D eigenvalue weighted by atomic mass is 35.5. The first-order valence-corrected chi connectivity index (χ1v) is 9.75. The molecule has 2 N–H and O–H groups in total. The number of hydrogen-bond donors (Lipinski definition) is 2. The van der Waals surface area contributed by atoms with Gasteiger partial charge in [-0.05, 0) is 24.3 Å².